The van der Waals surface area contributed by atoms with E-state index < -0.39 is 0 Å². The molecule has 0 spiro atoms. The van der Waals surface area contributed by atoms with Crippen LogP contribution in [0.25, 0.3) is 0 Å². The monoisotopic (exact) mass is 515 g/mol. The van der Waals surface area contributed by atoms with Crippen LogP contribution in [-0.2, 0) is 19.9 Å². The highest BCUT2D eigenvalue weighted by molar-refractivity contribution is 5.21. The maximum atomic E-state index is 2.40. The molecule has 0 amide bonds. The second-order valence-electron chi connectivity index (χ2n) is 12.1. The van der Waals surface area contributed by atoms with Crippen molar-refractivity contribution in [2.75, 3.05) is 0 Å². The molecule has 0 aliphatic heterocycles. The molecule has 1 rings (SSSR count). The summed E-state index contributed by atoms with van der Waals surface area (Å²) in [5.74, 6) is 0. The van der Waals surface area contributed by atoms with Gasteiger partial charge in [-0.3, -0.25) is 0 Å². The van der Waals surface area contributed by atoms with Crippen LogP contribution in [0.3, 0.4) is 0 Å². The van der Waals surface area contributed by atoms with Gasteiger partial charge >= 0.3 is 0 Å². The molecule has 1 heteroatoms. The van der Waals surface area contributed by atoms with Crippen LogP contribution < -0.4 is 4.57 Å². The summed E-state index contributed by atoms with van der Waals surface area (Å²) in [4.78, 5) is 0. The van der Waals surface area contributed by atoms with Crippen molar-refractivity contribution in [3.8, 4) is 0 Å². The molecule has 0 unspecified atom stereocenters. The van der Waals surface area contributed by atoms with E-state index in [1.54, 1.807) is 11.1 Å². The van der Waals surface area contributed by atoms with Crippen LogP contribution in [0.5, 0.6) is 0 Å². The Morgan fingerprint density at radius 2 is 0.703 bits per heavy atom. The van der Waals surface area contributed by atoms with Crippen molar-refractivity contribution in [1.82, 2.24) is 0 Å². The summed E-state index contributed by atoms with van der Waals surface area (Å²) in [5.41, 5.74) is 3.24. The molecule has 1 aromatic heterocycles. The Balaban J connectivity index is 2.01. The van der Waals surface area contributed by atoms with Crippen molar-refractivity contribution in [2.45, 2.75) is 194 Å². The Morgan fingerprint density at radius 3 is 1.05 bits per heavy atom. The van der Waals surface area contributed by atoms with Gasteiger partial charge in [0.25, 0.3) is 0 Å². The number of aromatic nitrogens is 1. The van der Waals surface area contributed by atoms with Gasteiger partial charge in [-0.2, -0.15) is 0 Å². The van der Waals surface area contributed by atoms with Crippen LogP contribution in [-0.4, -0.2) is 0 Å². The predicted octanol–water partition coefficient (Wildman–Crippen LogP) is 11.8. The summed E-state index contributed by atoms with van der Waals surface area (Å²) < 4.78 is 2.25. The maximum Gasteiger partial charge on any atom is 0.171 e. The van der Waals surface area contributed by atoms with Gasteiger partial charge in [-0.05, 0) is 31.2 Å². The Bertz CT molecular complexity index is 592. The fraction of sp³-hybridized carbons (Fsp3) is 0.861. The van der Waals surface area contributed by atoms with E-state index in [4.69, 9.17) is 0 Å². The number of rotatable bonds is 28. The van der Waals surface area contributed by atoms with Crippen LogP contribution in [0, 0.1) is 0 Å². The lowest BCUT2D eigenvalue weighted by Crippen LogP contribution is -2.27. The number of pyridine rings is 1. The van der Waals surface area contributed by atoms with E-state index in [1.165, 1.54) is 180 Å². The van der Waals surface area contributed by atoms with Crippen LogP contribution >= 0.6 is 0 Å². The van der Waals surface area contributed by atoms with Gasteiger partial charge in [-0.15, -0.1) is 0 Å². The summed E-state index contributed by atoms with van der Waals surface area (Å²) in [5, 5.41) is 0. The Kier molecular flexibility index (Phi) is 24.7. The highest BCUT2D eigenvalue weighted by Gasteiger charge is 2.07. The summed E-state index contributed by atoms with van der Waals surface area (Å²) in [7, 11) is 2.18. The van der Waals surface area contributed by atoms with E-state index in [2.05, 4.69) is 43.9 Å². The average molecular weight is 515 g/mol. The molecular weight excluding hydrogens is 446 g/mol. The van der Waals surface area contributed by atoms with Crippen molar-refractivity contribution in [2.24, 2.45) is 7.05 Å². The van der Waals surface area contributed by atoms with Crippen molar-refractivity contribution in [3.05, 3.63) is 29.6 Å². The first-order valence-electron chi connectivity index (χ1n) is 17.2. The van der Waals surface area contributed by atoms with Gasteiger partial charge < -0.3 is 0 Å². The molecule has 0 radical (unpaired) electrons. The normalized spacial score (nSPS) is 11.4. The SMILES string of the molecule is CCCCCCCCCCCCCCCc1cc[n+](C)cc1CCCCCCCCCCCCCCC. The summed E-state index contributed by atoms with van der Waals surface area (Å²) in [6.45, 7) is 4.61. The fourth-order valence-electron chi connectivity index (χ4n) is 5.82. The molecule has 0 aromatic carbocycles. The molecule has 0 saturated heterocycles. The molecule has 1 nitrogen and oxygen atoms in total. The molecule has 0 N–H and O–H groups in total. The highest BCUT2D eigenvalue weighted by atomic mass is 14.9. The first-order valence-corrected chi connectivity index (χ1v) is 17.2. The Labute approximate surface area is 234 Å². The first-order chi connectivity index (χ1) is 18.3. The lowest BCUT2D eigenvalue weighted by molar-refractivity contribution is -0.672. The van der Waals surface area contributed by atoms with E-state index in [0.717, 1.165) is 0 Å². The van der Waals surface area contributed by atoms with Gasteiger partial charge in [-0.25, -0.2) is 4.57 Å². The minimum atomic E-state index is 1.28. The quantitative estimate of drug-likeness (QED) is 0.0773. The average Bonchev–Trinajstić information content (AvgIpc) is 2.90. The first kappa shape index (κ1) is 34.2. The number of unbranched alkanes of at least 4 members (excludes halogenated alkanes) is 24. The Morgan fingerprint density at radius 1 is 0.405 bits per heavy atom. The van der Waals surface area contributed by atoms with E-state index >= 15 is 0 Å². The van der Waals surface area contributed by atoms with Gasteiger partial charge in [0.2, 0.25) is 0 Å². The van der Waals surface area contributed by atoms with Crippen molar-refractivity contribution >= 4 is 0 Å². The van der Waals surface area contributed by atoms with Gasteiger partial charge in [0.1, 0.15) is 7.05 Å². The number of hydrogen-bond acceptors (Lipinski definition) is 0. The third-order valence-corrected chi connectivity index (χ3v) is 8.38. The topological polar surface area (TPSA) is 3.88 Å². The molecule has 0 aliphatic carbocycles. The molecule has 37 heavy (non-hydrogen) atoms. The minimum absolute atomic E-state index is 1.28. The van der Waals surface area contributed by atoms with Crippen LogP contribution in [0.15, 0.2) is 18.5 Å². The number of aryl methyl sites for hydroxylation is 3. The third kappa shape index (κ3) is 21.7. The zero-order valence-corrected chi connectivity index (χ0v) is 26.0. The fourth-order valence-corrected chi connectivity index (χ4v) is 5.82. The summed E-state index contributed by atoms with van der Waals surface area (Å²) in [6.07, 6.45) is 44.6. The zero-order chi connectivity index (χ0) is 26.7. The predicted molar refractivity (Wildman–Crippen MR) is 166 cm³/mol. The van der Waals surface area contributed by atoms with Crippen LogP contribution in [0.1, 0.15) is 192 Å². The Hall–Kier alpha value is -0.850. The molecule has 0 bridgehead atoms. The molecule has 0 aliphatic rings. The zero-order valence-electron chi connectivity index (χ0n) is 26.0. The standard InChI is InChI=1S/C36H68N/c1-4-6-8-10-12-14-16-18-20-22-24-26-28-30-35-32-33-37(3)34-36(35)31-29-27-25-23-21-19-17-15-13-11-9-7-5-2/h32-34H,4-31H2,1-3H3/q+1. The lowest BCUT2D eigenvalue weighted by atomic mass is 9.97. The smallest absolute Gasteiger partial charge is 0.171 e. The largest absolute Gasteiger partial charge is 0.208 e. The van der Waals surface area contributed by atoms with E-state index in [0.29, 0.717) is 0 Å². The molecule has 1 heterocycles. The lowest BCUT2D eigenvalue weighted by Gasteiger charge is -2.08. The van der Waals surface area contributed by atoms with Gasteiger partial charge in [0, 0.05) is 11.6 Å². The van der Waals surface area contributed by atoms with Gasteiger partial charge in [-0.1, -0.05) is 168 Å². The molecule has 0 atom stereocenters. The second-order valence-corrected chi connectivity index (χ2v) is 12.1. The maximum absolute atomic E-state index is 2.40. The summed E-state index contributed by atoms with van der Waals surface area (Å²) >= 11 is 0. The van der Waals surface area contributed by atoms with E-state index in [-0.39, 0.29) is 0 Å². The van der Waals surface area contributed by atoms with E-state index in [9.17, 15) is 0 Å². The molecule has 216 valence electrons. The van der Waals surface area contributed by atoms with Gasteiger partial charge in [0.05, 0.1) is 0 Å². The van der Waals surface area contributed by atoms with Crippen LogP contribution in [0.4, 0.5) is 0 Å². The van der Waals surface area contributed by atoms with Gasteiger partial charge in [0.15, 0.2) is 12.4 Å². The molecule has 0 fully saturated rings. The second kappa shape index (κ2) is 26.7. The molecule has 1 aromatic rings. The third-order valence-electron chi connectivity index (χ3n) is 8.38. The van der Waals surface area contributed by atoms with Crippen molar-refractivity contribution < 1.29 is 4.57 Å². The van der Waals surface area contributed by atoms with Crippen LogP contribution in [0.2, 0.25) is 0 Å². The van der Waals surface area contributed by atoms with Crippen molar-refractivity contribution in [1.29, 1.82) is 0 Å². The minimum Gasteiger partial charge on any atom is -0.208 e. The molecule has 0 saturated carbocycles. The summed E-state index contributed by atoms with van der Waals surface area (Å²) in [6, 6.07) is 2.40. The molecular formula is C36H68N+. The number of hydrogen-bond donors (Lipinski definition) is 0. The van der Waals surface area contributed by atoms with Crippen molar-refractivity contribution in [3.63, 3.8) is 0 Å². The number of nitrogens with zero attached hydrogens (tertiary/aromatic N) is 1. The van der Waals surface area contributed by atoms with E-state index in [1.807, 2.05) is 0 Å². The highest BCUT2D eigenvalue weighted by Crippen LogP contribution is 2.18.